The van der Waals surface area contributed by atoms with Crippen molar-refractivity contribution in [2.45, 2.75) is 110 Å². The molecule has 0 aliphatic carbocycles. The topological polar surface area (TPSA) is 82.1 Å². The molecule has 2 saturated heterocycles. The van der Waals surface area contributed by atoms with Gasteiger partial charge in [0, 0.05) is 51.5 Å². The molecule has 3 aromatic carbocycles. The fourth-order valence-electron chi connectivity index (χ4n) is 7.93. The summed E-state index contributed by atoms with van der Waals surface area (Å²) in [5, 5.41) is 13.7. The number of amides is 1. The summed E-state index contributed by atoms with van der Waals surface area (Å²) in [6.07, 6.45) is 2.47. The zero-order chi connectivity index (χ0) is 39.9. The zero-order valence-corrected chi connectivity index (χ0v) is 32.4. The van der Waals surface area contributed by atoms with Crippen molar-refractivity contribution in [1.29, 1.82) is 0 Å². The molecule has 0 radical (unpaired) electrons. The second kappa shape index (κ2) is 17.8. The van der Waals surface area contributed by atoms with Gasteiger partial charge in [0.05, 0.1) is 13.7 Å². The number of carbonyl (C=O) groups is 2. The molecule has 2 aliphatic heterocycles. The number of halogens is 5. The van der Waals surface area contributed by atoms with E-state index in [-0.39, 0.29) is 44.9 Å². The second-order valence-electron chi connectivity index (χ2n) is 15.3. The Bertz CT molecular complexity index is 1730. The summed E-state index contributed by atoms with van der Waals surface area (Å²) in [6, 6.07) is 18.8. The monoisotopic (exact) mass is 761 g/mol. The standard InChI is InChI=1S/C29H34FNO3.C13H22F4N2O/c1-4-22-18-29(2,30)15-16-31(22)19-20-11-13-26(27(17-20)34-3)25-10-6-8-23-21(12-14-28(32)33)7-5-9-24(23)25;1-4-18-10(20)13(12(3,16)17)5-7-19(8-6-13)9-11(2,14)15/h5-11,13,17,22H,4,12,14-16,18-19H2,1-3H3,(H,32,33);4-9H2,1-3H3,(H,18,20). The molecule has 1 amide bonds. The van der Waals surface area contributed by atoms with E-state index in [1.807, 2.05) is 18.2 Å². The highest BCUT2D eigenvalue weighted by molar-refractivity contribution is 5.99. The third kappa shape index (κ3) is 10.7. The van der Waals surface area contributed by atoms with Crippen molar-refractivity contribution in [1.82, 2.24) is 15.1 Å². The Labute approximate surface area is 316 Å². The lowest BCUT2D eigenvalue weighted by molar-refractivity contribution is -0.168. The number of nitrogens with zero attached hydrogens (tertiary/aromatic N) is 2. The van der Waals surface area contributed by atoms with Crippen LogP contribution in [0.25, 0.3) is 21.9 Å². The number of aryl methyl sites for hydroxylation is 1. The van der Waals surface area contributed by atoms with Gasteiger partial charge in [-0.1, -0.05) is 55.5 Å². The third-order valence-electron chi connectivity index (χ3n) is 11.0. The number of hydrogen-bond donors (Lipinski definition) is 2. The van der Waals surface area contributed by atoms with Gasteiger partial charge in [0.15, 0.2) is 0 Å². The van der Waals surface area contributed by atoms with Crippen LogP contribution in [0.1, 0.15) is 84.3 Å². The fourth-order valence-corrected chi connectivity index (χ4v) is 7.93. The van der Waals surface area contributed by atoms with Crippen LogP contribution >= 0.6 is 0 Å². The maximum Gasteiger partial charge on any atom is 0.303 e. The molecule has 2 aliphatic rings. The molecule has 5 rings (SSSR count). The van der Waals surface area contributed by atoms with Gasteiger partial charge in [-0.15, -0.1) is 0 Å². The lowest BCUT2D eigenvalue weighted by Crippen LogP contribution is -2.57. The maximum absolute atomic E-state index is 14.5. The molecule has 12 heteroatoms. The number of carboxylic acids is 1. The summed E-state index contributed by atoms with van der Waals surface area (Å²) in [4.78, 5) is 26.9. The number of nitrogens with one attached hydrogen (secondary N) is 1. The van der Waals surface area contributed by atoms with E-state index in [1.54, 1.807) is 21.0 Å². The first-order valence-corrected chi connectivity index (χ1v) is 18.9. The average Bonchev–Trinajstić information content (AvgIpc) is 3.10. The number of methoxy groups -OCH3 is 1. The van der Waals surface area contributed by atoms with Gasteiger partial charge in [-0.3, -0.25) is 19.4 Å². The number of rotatable bonds is 13. The van der Waals surface area contributed by atoms with E-state index < -0.39 is 41.4 Å². The minimum atomic E-state index is -3.17. The highest BCUT2D eigenvalue weighted by Crippen LogP contribution is 2.46. The van der Waals surface area contributed by atoms with Crippen molar-refractivity contribution in [2.24, 2.45) is 5.41 Å². The van der Waals surface area contributed by atoms with Gasteiger partial charge < -0.3 is 15.2 Å². The van der Waals surface area contributed by atoms with E-state index in [0.29, 0.717) is 19.3 Å². The van der Waals surface area contributed by atoms with Crippen molar-refractivity contribution in [3.63, 3.8) is 0 Å². The Morgan fingerprint density at radius 3 is 2.20 bits per heavy atom. The normalized spacial score (nSPS) is 20.9. The molecule has 2 N–H and O–H groups in total. The predicted octanol–water partition coefficient (Wildman–Crippen LogP) is 9.15. The van der Waals surface area contributed by atoms with Crippen molar-refractivity contribution in [3.05, 3.63) is 65.7 Å². The van der Waals surface area contributed by atoms with Crippen LogP contribution in [-0.4, -0.2) is 90.2 Å². The van der Waals surface area contributed by atoms with E-state index in [9.17, 15) is 31.5 Å². The SMILES string of the molecule is CCC1CC(C)(F)CCN1Cc1ccc(-c2cccc3c(CCC(=O)O)cccc23)c(OC)c1.CCNC(=O)C1(C(C)(F)F)CCN(CC(C)(F)F)CC1. The molecular formula is C42H56F5N3O4. The van der Waals surface area contributed by atoms with Gasteiger partial charge in [-0.05, 0) is 99.0 Å². The van der Waals surface area contributed by atoms with Crippen LogP contribution < -0.4 is 10.1 Å². The van der Waals surface area contributed by atoms with Gasteiger partial charge in [0.2, 0.25) is 5.91 Å². The number of piperidine rings is 2. The van der Waals surface area contributed by atoms with E-state index >= 15 is 0 Å². The molecule has 2 unspecified atom stereocenters. The van der Waals surface area contributed by atoms with E-state index in [1.165, 1.54) is 4.90 Å². The smallest absolute Gasteiger partial charge is 0.303 e. The molecule has 0 aromatic heterocycles. The summed E-state index contributed by atoms with van der Waals surface area (Å²) in [6.45, 7) is 8.54. The van der Waals surface area contributed by atoms with Crippen molar-refractivity contribution >= 4 is 22.6 Å². The molecule has 0 bridgehead atoms. The van der Waals surface area contributed by atoms with E-state index in [0.717, 1.165) is 72.1 Å². The van der Waals surface area contributed by atoms with Crippen molar-refractivity contribution in [3.8, 4) is 16.9 Å². The molecule has 0 saturated carbocycles. The van der Waals surface area contributed by atoms with E-state index in [4.69, 9.17) is 9.84 Å². The molecule has 0 spiro atoms. The highest BCUT2D eigenvalue weighted by atomic mass is 19.3. The third-order valence-corrected chi connectivity index (χ3v) is 11.0. The van der Waals surface area contributed by atoms with Gasteiger partial charge >= 0.3 is 5.97 Å². The van der Waals surface area contributed by atoms with Gasteiger partial charge in [0.25, 0.3) is 11.8 Å². The summed E-state index contributed by atoms with van der Waals surface area (Å²) < 4.78 is 74.0. The molecule has 3 aromatic rings. The second-order valence-corrected chi connectivity index (χ2v) is 15.3. The number of carboxylic acid groups (broad SMARTS) is 1. The molecule has 2 fully saturated rings. The number of aliphatic carboxylic acids is 1. The first kappa shape index (κ1) is 43.0. The Hall–Kier alpha value is -3.77. The fraction of sp³-hybridized carbons (Fsp3) is 0.571. The van der Waals surface area contributed by atoms with Crippen LogP contribution in [-0.2, 0) is 22.6 Å². The van der Waals surface area contributed by atoms with Crippen molar-refractivity contribution in [2.75, 3.05) is 39.8 Å². The number of ether oxygens (including phenoxy) is 1. The minimum absolute atomic E-state index is 0.0734. The molecule has 54 heavy (non-hydrogen) atoms. The van der Waals surface area contributed by atoms with Gasteiger partial charge in [-0.25, -0.2) is 22.0 Å². The molecular weight excluding hydrogens is 705 g/mol. The molecule has 298 valence electrons. The molecule has 7 nitrogen and oxygen atoms in total. The molecule has 2 atom stereocenters. The minimum Gasteiger partial charge on any atom is -0.496 e. The van der Waals surface area contributed by atoms with Crippen LogP contribution in [0, 0.1) is 5.41 Å². The summed E-state index contributed by atoms with van der Waals surface area (Å²) in [7, 11) is 1.69. The number of carbonyl (C=O) groups excluding carboxylic acids is 1. The lowest BCUT2D eigenvalue weighted by Gasteiger charge is -2.44. The van der Waals surface area contributed by atoms with Gasteiger partial charge in [-0.2, -0.15) is 0 Å². The van der Waals surface area contributed by atoms with Crippen LogP contribution in [0.3, 0.4) is 0 Å². The maximum atomic E-state index is 14.5. The van der Waals surface area contributed by atoms with Gasteiger partial charge in [0.1, 0.15) is 16.8 Å². The highest BCUT2D eigenvalue weighted by Gasteiger charge is 2.56. The van der Waals surface area contributed by atoms with Crippen molar-refractivity contribution < 1.29 is 41.4 Å². The number of likely N-dealkylation sites (tertiary alicyclic amines) is 2. The Morgan fingerprint density at radius 2 is 1.61 bits per heavy atom. The predicted molar refractivity (Wildman–Crippen MR) is 203 cm³/mol. The largest absolute Gasteiger partial charge is 0.496 e. The first-order valence-electron chi connectivity index (χ1n) is 18.9. The Morgan fingerprint density at radius 1 is 0.944 bits per heavy atom. The van der Waals surface area contributed by atoms with Crippen LogP contribution in [0.4, 0.5) is 22.0 Å². The van der Waals surface area contributed by atoms with E-state index in [2.05, 4.69) is 53.5 Å². The molecule has 2 heterocycles. The number of fused-ring (bicyclic) bond motifs is 1. The Balaban J connectivity index is 0.000000278. The summed E-state index contributed by atoms with van der Waals surface area (Å²) in [5.74, 6) is -6.70. The van der Waals surface area contributed by atoms with Crippen LogP contribution in [0.2, 0.25) is 0 Å². The zero-order valence-electron chi connectivity index (χ0n) is 32.4. The number of alkyl halides is 5. The van der Waals surface area contributed by atoms with Crippen LogP contribution in [0.15, 0.2) is 54.6 Å². The van der Waals surface area contributed by atoms with Crippen LogP contribution in [0.5, 0.6) is 5.75 Å². The summed E-state index contributed by atoms with van der Waals surface area (Å²) in [5.41, 5.74) is 1.40. The first-order chi connectivity index (χ1) is 25.3. The number of hydrogen-bond acceptors (Lipinski definition) is 5. The Kier molecular flexibility index (Phi) is 14.2. The average molecular weight is 762 g/mol. The summed E-state index contributed by atoms with van der Waals surface area (Å²) >= 11 is 0. The number of benzene rings is 3. The lowest BCUT2D eigenvalue weighted by atomic mass is 9.72. The quantitative estimate of drug-likeness (QED) is 0.169.